The zero-order chi connectivity index (χ0) is 12.2. The van der Waals surface area contributed by atoms with Crippen molar-refractivity contribution in [2.24, 2.45) is 5.41 Å². The van der Waals surface area contributed by atoms with Crippen LogP contribution in [0.15, 0.2) is 12.4 Å². The van der Waals surface area contributed by atoms with Crippen LogP contribution in [0.4, 0.5) is 0 Å². The van der Waals surface area contributed by atoms with Gasteiger partial charge in [0.15, 0.2) is 0 Å². The molecule has 1 atom stereocenters. The molecule has 1 rings (SSSR count). The molecular formula is C12H19BrN2O. The minimum Gasteiger partial charge on any atom is -0.481 e. The summed E-state index contributed by atoms with van der Waals surface area (Å²) in [4.78, 5) is 8.66. The molecule has 1 aromatic rings. The van der Waals surface area contributed by atoms with Gasteiger partial charge in [0, 0.05) is 23.0 Å². The zero-order valence-corrected chi connectivity index (χ0v) is 11.9. The highest BCUT2D eigenvalue weighted by Gasteiger charge is 2.25. The Bertz CT molecular complexity index is 342. The molecule has 0 aliphatic heterocycles. The van der Waals surface area contributed by atoms with Gasteiger partial charge in [0.05, 0.1) is 7.11 Å². The van der Waals surface area contributed by atoms with E-state index in [0.29, 0.717) is 10.7 Å². The first-order chi connectivity index (χ1) is 7.49. The lowest BCUT2D eigenvalue weighted by atomic mass is 9.84. The van der Waals surface area contributed by atoms with Gasteiger partial charge in [-0.2, -0.15) is 0 Å². The standard InChI is InChI=1S/C12H19BrN2O/c1-5-12(2,3)10(13)6-9-7-11(16-4)15-8-14-9/h7-8,10H,5-6H2,1-4H3. The topological polar surface area (TPSA) is 35.0 Å². The molecule has 16 heavy (non-hydrogen) atoms. The Morgan fingerprint density at radius 1 is 1.44 bits per heavy atom. The van der Waals surface area contributed by atoms with Gasteiger partial charge < -0.3 is 4.74 Å². The molecule has 0 spiro atoms. The highest BCUT2D eigenvalue weighted by molar-refractivity contribution is 9.09. The van der Waals surface area contributed by atoms with Crippen molar-refractivity contribution in [3.63, 3.8) is 0 Å². The highest BCUT2D eigenvalue weighted by Crippen LogP contribution is 2.32. The van der Waals surface area contributed by atoms with Crippen molar-refractivity contribution in [3.05, 3.63) is 18.1 Å². The molecule has 0 aliphatic rings. The number of halogens is 1. The maximum Gasteiger partial charge on any atom is 0.216 e. The number of methoxy groups -OCH3 is 1. The van der Waals surface area contributed by atoms with E-state index >= 15 is 0 Å². The fourth-order valence-corrected chi connectivity index (χ4v) is 1.94. The second-order valence-electron chi connectivity index (χ2n) is 4.57. The third kappa shape index (κ3) is 3.44. The average Bonchev–Trinajstić information content (AvgIpc) is 2.29. The van der Waals surface area contributed by atoms with Crippen LogP contribution < -0.4 is 4.74 Å². The normalized spacial score (nSPS) is 13.6. The number of alkyl halides is 1. The van der Waals surface area contributed by atoms with Gasteiger partial charge in [0.25, 0.3) is 0 Å². The molecule has 1 heterocycles. The summed E-state index contributed by atoms with van der Waals surface area (Å²) >= 11 is 3.74. The third-order valence-corrected chi connectivity index (χ3v) is 4.62. The Morgan fingerprint density at radius 3 is 2.69 bits per heavy atom. The van der Waals surface area contributed by atoms with Gasteiger partial charge >= 0.3 is 0 Å². The zero-order valence-electron chi connectivity index (χ0n) is 10.3. The van der Waals surface area contributed by atoms with Crippen LogP contribution in [-0.4, -0.2) is 21.9 Å². The molecule has 1 unspecified atom stereocenters. The van der Waals surface area contributed by atoms with Crippen LogP contribution in [-0.2, 0) is 6.42 Å². The average molecular weight is 287 g/mol. The van der Waals surface area contributed by atoms with E-state index in [1.165, 1.54) is 0 Å². The Kier molecular flexibility index (Phi) is 4.71. The lowest BCUT2D eigenvalue weighted by Crippen LogP contribution is -2.25. The van der Waals surface area contributed by atoms with Gasteiger partial charge in [-0.3, -0.25) is 0 Å². The molecule has 0 saturated heterocycles. The van der Waals surface area contributed by atoms with Crippen molar-refractivity contribution in [1.29, 1.82) is 0 Å². The molecular weight excluding hydrogens is 268 g/mol. The molecule has 0 bridgehead atoms. The third-order valence-electron chi connectivity index (χ3n) is 3.06. The lowest BCUT2D eigenvalue weighted by Gasteiger charge is -2.28. The summed E-state index contributed by atoms with van der Waals surface area (Å²) in [6.45, 7) is 6.71. The molecule has 3 nitrogen and oxygen atoms in total. The minimum absolute atomic E-state index is 0.262. The maximum atomic E-state index is 5.08. The Hall–Kier alpha value is -0.640. The van der Waals surface area contributed by atoms with Gasteiger partial charge in [0.2, 0.25) is 5.88 Å². The molecule has 90 valence electrons. The predicted molar refractivity (Wildman–Crippen MR) is 69.1 cm³/mol. The number of ether oxygens (including phenoxy) is 1. The van der Waals surface area contributed by atoms with Crippen LogP contribution in [0, 0.1) is 5.41 Å². The first-order valence-corrected chi connectivity index (χ1v) is 6.40. The molecule has 0 aliphatic carbocycles. The number of hydrogen-bond acceptors (Lipinski definition) is 3. The molecule has 0 N–H and O–H groups in total. The van der Waals surface area contributed by atoms with Gasteiger partial charge in [-0.25, -0.2) is 9.97 Å². The largest absolute Gasteiger partial charge is 0.481 e. The predicted octanol–water partition coefficient (Wildman–Crippen LogP) is 3.23. The van der Waals surface area contributed by atoms with Gasteiger partial charge in [-0.15, -0.1) is 0 Å². The van der Waals surface area contributed by atoms with E-state index in [1.54, 1.807) is 13.4 Å². The summed E-state index contributed by atoms with van der Waals surface area (Å²) in [5.74, 6) is 0.624. The molecule has 0 saturated carbocycles. The van der Waals surface area contributed by atoms with Crippen molar-refractivity contribution in [2.75, 3.05) is 7.11 Å². The molecule has 1 aromatic heterocycles. The van der Waals surface area contributed by atoms with Crippen LogP contribution >= 0.6 is 15.9 Å². The van der Waals surface area contributed by atoms with E-state index in [1.807, 2.05) is 6.07 Å². The Balaban J connectivity index is 2.72. The summed E-state index contributed by atoms with van der Waals surface area (Å²) in [7, 11) is 1.62. The summed E-state index contributed by atoms with van der Waals surface area (Å²) in [5.41, 5.74) is 1.27. The van der Waals surface area contributed by atoms with E-state index in [-0.39, 0.29) is 5.41 Å². The Morgan fingerprint density at radius 2 is 2.12 bits per heavy atom. The monoisotopic (exact) mass is 286 g/mol. The maximum absolute atomic E-state index is 5.08. The van der Waals surface area contributed by atoms with Gasteiger partial charge in [-0.1, -0.05) is 36.7 Å². The molecule has 0 fully saturated rings. The van der Waals surface area contributed by atoms with Crippen LogP contribution in [0.1, 0.15) is 32.9 Å². The van der Waals surface area contributed by atoms with E-state index in [4.69, 9.17) is 4.74 Å². The number of aromatic nitrogens is 2. The van der Waals surface area contributed by atoms with E-state index in [9.17, 15) is 0 Å². The second-order valence-corrected chi connectivity index (χ2v) is 5.67. The summed E-state index contributed by atoms with van der Waals surface area (Å²) in [5, 5.41) is 0. The van der Waals surface area contributed by atoms with Gasteiger partial charge in [-0.05, 0) is 11.8 Å². The first kappa shape index (κ1) is 13.4. The Labute approximate surface area is 106 Å². The van der Waals surface area contributed by atoms with Crippen LogP contribution in [0.5, 0.6) is 5.88 Å². The molecule has 4 heteroatoms. The van der Waals surface area contributed by atoms with Crippen molar-refractivity contribution >= 4 is 15.9 Å². The first-order valence-electron chi connectivity index (χ1n) is 5.48. The molecule has 0 aromatic carbocycles. The smallest absolute Gasteiger partial charge is 0.216 e. The van der Waals surface area contributed by atoms with E-state index in [2.05, 4.69) is 46.7 Å². The van der Waals surface area contributed by atoms with Crippen molar-refractivity contribution in [2.45, 2.75) is 38.4 Å². The van der Waals surface area contributed by atoms with E-state index < -0.39 is 0 Å². The highest BCUT2D eigenvalue weighted by atomic mass is 79.9. The van der Waals surface area contributed by atoms with Crippen LogP contribution in [0.2, 0.25) is 0 Å². The van der Waals surface area contributed by atoms with Crippen LogP contribution in [0.3, 0.4) is 0 Å². The number of hydrogen-bond donors (Lipinski definition) is 0. The van der Waals surface area contributed by atoms with Crippen molar-refractivity contribution in [3.8, 4) is 5.88 Å². The van der Waals surface area contributed by atoms with Gasteiger partial charge in [0.1, 0.15) is 6.33 Å². The molecule has 0 amide bonds. The number of nitrogens with zero attached hydrogens (tertiary/aromatic N) is 2. The quantitative estimate of drug-likeness (QED) is 0.780. The summed E-state index contributed by atoms with van der Waals surface area (Å²) < 4.78 is 5.08. The van der Waals surface area contributed by atoms with E-state index in [0.717, 1.165) is 18.5 Å². The minimum atomic E-state index is 0.262. The molecule has 0 radical (unpaired) electrons. The SMILES string of the molecule is CCC(C)(C)C(Br)Cc1cc(OC)ncn1. The lowest BCUT2D eigenvalue weighted by molar-refractivity contribution is 0.337. The summed E-state index contributed by atoms with van der Waals surface area (Å²) in [6.07, 6.45) is 3.57. The fourth-order valence-electron chi connectivity index (χ4n) is 1.28. The fraction of sp³-hybridized carbons (Fsp3) is 0.667. The summed E-state index contributed by atoms with van der Waals surface area (Å²) in [6, 6.07) is 1.89. The number of rotatable bonds is 5. The second kappa shape index (κ2) is 5.62. The van der Waals surface area contributed by atoms with Crippen LogP contribution in [0.25, 0.3) is 0 Å². The van der Waals surface area contributed by atoms with Crippen molar-refractivity contribution < 1.29 is 4.74 Å². The van der Waals surface area contributed by atoms with Crippen molar-refractivity contribution in [1.82, 2.24) is 9.97 Å².